The van der Waals surface area contributed by atoms with Gasteiger partial charge in [-0.15, -0.1) is 10.2 Å². The summed E-state index contributed by atoms with van der Waals surface area (Å²) >= 11 is 6.18. The quantitative estimate of drug-likeness (QED) is 0.524. The normalized spacial score (nSPS) is 14.2. The number of hydrogen-bond donors (Lipinski definition) is 0. The van der Waals surface area contributed by atoms with Gasteiger partial charge >= 0.3 is 0 Å². The number of benzene rings is 2. The molecular formula is C19H16ClN5. The fourth-order valence-corrected chi connectivity index (χ4v) is 3.77. The first kappa shape index (κ1) is 14.7. The van der Waals surface area contributed by atoms with Crippen LogP contribution in [0.3, 0.4) is 0 Å². The van der Waals surface area contributed by atoms with Gasteiger partial charge in [0.1, 0.15) is 5.82 Å². The predicted octanol–water partition coefficient (Wildman–Crippen LogP) is 3.80. The predicted molar refractivity (Wildman–Crippen MR) is 99.2 cm³/mol. The van der Waals surface area contributed by atoms with Crippen molar-refractivity contribution >= 4 is 34.1 Å². The van der Waals surface area contributed by atoms with E-state index in [1.165, 1.54) is 11.1 Å². The number of anilines is 1. The highest BCUT2D eigenvalue weighted by atomic mass is 35.5. The van der Waals surface area contributed by atoms with Crippen molar-refractivity contribution in [1.82, 2.24) is 19.6 Å². The van der Waals surface area contributed by atoms with Gasteiger partial charge in [0.25, 0.3) is 0 Å². The molecule has 5 nitrogen and oxygen atoms in total. The molecule has 124 valence electrons. The molecule has 0 atom stereocenters. The molecule has 0 radical (unpaired) electrons. The first-order valence-electron chi connectivity index (χ1n) is 8.33. The Hall–Kier alpha value is -2.66. The third kappa shape index (κ3) is 2.27. The van der Waals surface area contributed by atoms with Gasteiger partial charge in [-0.05, 0) is 42.7 Å². The van der Waals surface area contributed by atoms with Crippen molar-refractivity contribution in [3.8, 4) is 0 Å². The monoisotopic (exact) mass is 349 g/mol. The van der Waals surface area contributed by atoms with Crippen LogP contribution in [0.15, 0.2) is 42.5 Å². The van der Waals surface area contributed by atoms with Crippen LogP contribution in [0.1, 0.15) is 17.0 Å². The largest absolute Gasteiger partial charge is 0.337 e. The summed E-state index contributed by atoms with van der Waals surface area (Å²) in [7, 11) is 0. The summed E-state index contributed by atoms with van der Waals surface area (Å²) in [6.45, 7) is 3.72. The Kier molecular flexibility index (Phi) is 3.18. The zero-order valence-corrected chi connectivity index (χ0v) is 14.5. The molecule has 0 amide bonds. The zero-order valence-electron chi connectivity index (χ0n) is 13.8. The molecule has 5 rings (SSSR count). The minimum absolute atomic E-state index is 0.676. The fraction of sp³-hybridized carbons (Fsp3) is 0.211. The van der Waals surface area contributed by atoms with E-state index in [1.807, 2.05) is 29.5 Å². The van der Waals surface area contributed by atoms with Gasteiger partial charge in [-0.1, -0.05) is 35.9 Å². The van der Waals surface area contributed by atoms with Crippen molar-refractivity contribution in [2.45, 2.75) is 19.9 Å². The molecule has 1 aliphatic heterocycles. The number of halogens is 1. The van der Waals surface area contributed by atoms with Gasteiger partial charge in [0.15, 0.2) is 5.65 Å². The Bertz CT molecular complexity index is 1120. The summed E-state index contributed by atoms with van der Waals surface area (Å²) < 4.78 is 2.05. The zero-order chi connectivity index (χ0) is 17.0. The van der Waals surface area contributed by atoms with E-state index < -0.39 is 0 Å². The second-order valence-electron chi connectivity index (χ2n) is 6.42. The highest BCUT2D eigenvalue weighted by Crippen LogP contribution is 2.29. The van der Waals surface area contributed by atoms with E-state index in [2.05, 4.69) is 39.4 Å². The maximum atomic E-state index is 6.18. The van der Waals surface area contributed by atoms with Gasteiger partial charge in [-0.25, -0.2) is 9.38 Å². The lowest BCUT2D eigenvalue weighted by Crippen LogP contribution is -2.32. The molecule has 0 saturated carbocycles. The van der Waals surface area contributed by atoms with Gasteiger partial charge in [0.2, 0.25) is 5.95 Å². The molecule has 25 heavy (non-hydrogen) atoms. The van der Waals surface area contributed by atoms with E-state index in [1.54, 1.807) is 0 Å². The minimum atomic E-state index is 0.676. The summed E-state index contributed by atoms with van der Waals surface area (Å²) in [5.41, 5.74) is 4.44. The van der Waals surface area contributed by atoms with Crippen LogP contribution in [-0.2, 0) is 13.0 Å². The van der Waals surface area contributed by atoms with Crippen molar-refractivity contribution in [1.29, 1.82) is 0 Å². The van der Waals surface area contributed by atoms with Crippen molar-refractivity contribution in [3.05, 3.63) is 64.4 Å². The molecule has 1 aliphatic rings. The number of aryl methyl sites for hydroxylation is 1. The smallest absolute Gasteiger partial charge is 0.213 e. The van der Waals surface area contributed by atoms with E-state index in [0.29, 0.717) is 5.02 Å². The minimum Gasteiger partial charge on any atom is -0.337 e. The summed E-state index contributed by atoms with van der Waals surface area (Å²) in [6, 6.07) is 14.3. The third-order valence-electron chi connectivity index (χ3n) is 4.86. The molecule has 4 aromatic rings. The van der Waals surface area contributed by atoms with Crippen molar-refractivity contribution in [2.24, 2.45) is 0 Å². The van der Waals surface area contributed by atoms with Crippen LogP contribution in [0.25, 0.3) is 16.6 Å². The van der Waals surface area contributed by atoms with Crippen molar-refractivity contribution in [2.75, 3.05) is 11.4 Å². The van der Waals surface area contributed by atoms with Crippen LogP contribution < -0.4 is 4.90 Å². The number of hydrogen-bond acceptors (Lipinski definition) is 4. The van der Waals surface area contributed by atoms with Crippen molar-refractivity contribution in [3.63, 3.8) is 0 Å². The van der Waals surface area contributed by atoms with E-state index in [-0.39, 0.29) is 0 Å². The Morgan fingerprint density at radius 2 is 1.88 bits per heavy atom. The maximum absolute atomic E-state index is 6.18. The molecule has 0 aliphatic carbocycles. The van der Waals surface area contributed by atoms with Crippen LogP contribution >= 0.6 is 11.6 Å². The van der Waals surface area contributed by atoms with Gasteiger partial charge < -0.3 is 4.90 Å². The average molecular weight is 350 g/mol. The molecule has 0 saturated heterocycles. The first-order valence-corrected chi connectivity index (χ1v) is 8.71. The summed E-state index contributed by atoms with van der Waals surface area (Å²) in [4.78, 5) is 7.22. The molecule has 6 heteroatoms. The SMILES string of the molecule is Cc1nnc2c3ccc(Cl)cc3nc(N3CCc4ccccc4C3)n12. The van der Waals surface area contributed by atoms with Crippen LogP contribution in [0.2, 0.25) is 5.02 Å². The standard InChI is InChI=1S/C19H16ClN5/c1-12-22-23-18-16-7-6-15(20)10-17(16)21-19(25(12)18)24-9-8-13-4-2-3-5-14(13)11-24/h2-7,10H,8-9,11H2,1H3. The highest BCUT2D eigenvalue weighted by molar-refractivity contribution is 6.31. The first-order chi connectivity index (χ1) is 12.2. The maximum Gasteiger partial charge on any atom is 0.213 e. The Balaban J connectivity index is 1.73. The fourth-order valence-electron chi connectivity index (χ4n) is 3.60. The highest BCUT2D eigenvalue weighted by Gasteiger charge is 2.22. The van der Waals surface area contributed by atoms with Crippen LogP contribution in [0.4, 0.5) is 5.95 Å². The molecule has 0 bridgehead atoms. The van der Waals surface area contributed by atoms with Gasteiger partial charge in [0, 0.05) is 23.5 Å². The molecule has 3 heterocycles. The molecular weight excluding hydrogens is 334 g/mol. The molecule has 0 fully saturated rings. The number of aromatic nitrogens is 4. The van der Waals surface area contributed by atoms with E-state index in [9.17, 15) is 0 Å². The summed E-state index contributed by atoms with van der Waals surface area (Å²) in [5, 5.41) is 10.3. The van der Waals surface area contributed by atoms with Gasteiger partial charge in [-0.3, -0.25) is 0 Å². The second kappa shape index (κ2) is 5.43. The summed E-state index contributed by atoms with van der Waals surface area (Å²) in [6.07, 6.45) is 1.01. The van der Waals surface area contributed by atoms with Gasteiger partial charge in [0.05, 0.1) is 5.52 Å². The van der Waals surface area contributed by atoms with E-state index >= 15 is 0 Å². The Labute approximate surface area is 149 Å². The topological polar surface area (TPSA) is 46.3 Å². The molecule has 0 spiro atoms. The molecule has 2 aromatic heterocycles. The van der Waals surface area contributed by atoms with Crippen LogP contribution in [-0.4, -0.2) is 26.1 Å². The van der Waals surface area contributed by atoms with Crippen LogP contribution in [0.5, 0.6) is 0 Å². The number of nitrogens with zero attached hydrogens (tertiary/aromatic N) is 5. The van der Waals surface area contributed by atoms with E-state index in [4.69, 9.17) is 16.6 Å². The third-order valence-corrected chi connectivity index (χ3v) is 5.09. The number of fused-ring (bicyclic) bond motifs is 4. The molecule has 2 aromatic carbocycles. The lowest BCUT2D eigenvalue weighted by atomic mass is 10.0. The Morgan fingerprint density at radius 3 is 2.76 bits per heavy atom. The lowest BCUT2D eigenvalue weighted by molar-refractivity contribution is 0.701. The van der Waals surface area contributed by atoms with Crippen LogP contribution in [0, 0.1) is 6.92 Å². The summed E-state index contributed by atoms with van der Waals surface area (Å²) in [5.74, 6) is 1.72. The van der Waals surface area contributed by atoms with E-state index in [0.717, 1.165) is 47.8 Å². The Morgan fingerprint density at radius 1 is 1.04 bits per heavy atom. The molecule has 0 N–H and O–H groups in total. The molecule has 0 unspecified atom stereocenters. The van der Waals surface area contributed by atoms with Crippen molar-refractivity contribution < 1.29 is 0 Å². The van der Waals surface area contributed by atoms with Gasteiger partial charge in [-0.2, -0.15) is 0 Å². The number of rotatable bonds is 1. The lowest BCUT2D eigenvalue weighted by Gasteiger charge is -2.30. The second-order valence-corrected chi connectivity index (χ2v) is 6.86. The average Bonchev–Trinajstić information content (AvgIpc) is 3.02.